The molecule has 0 bridgehead atoms. The van der Waals surface area contributed by atoms with Crippen LogP contribution in [0.4, 0.5) is 5.69 Å². The molecular formula is C30H31NO4. The minimum atomic E-state index is -0.761. The van der Waals surface area contributed by atoms with Crippen molar-refractivity contribution < 1.29 is 19.8 Å². The maximum Gasteiger partial charge on any atom is 0.303 e. The van der Waals surface area contributed by atoms with Crippen LogP contribution in [-0.2, 0) is 28.9 Å². The molecule has 3 N–H and O–H groups in total. The number of carbonyl (C=O) groups excluding carboxylic acids is 1. The smallest absolute Gasteiger partial charge is 0.303 e. The van der Waals surface area contributed by atoms with E-state index in [0.717, 1.165) is 41.6 Å². The van der Waals surface area contributed by atoms with Crippen LogP contribution in [0.25, 0.3) is 0 Å². The number of carboxylic acids is 1. The topological polar surface area (TPSA) is 86.6 Å². The molecule has 1 aliphatic rings. The normalized spacial score (nSPS) is 13.8. The summed E-state index contributed by atoms with van der Waals surface area (Å²) >= 11 is 0. The first-order valence-electron chi connectivity index (χ1n) is 12.0. The molecule has 0 unspecified atom stereocenters. The zero-order valence-electron chi connectivity index (χ0n) is 20.2. The predicted octanol–water partition coefficient (Wildman–Crippen LogP) is 5.58. The fourth-order valence-electron chi connectivity index (χ4n) is 4.15. The van der Waals surface area contributed by atoms with E-state index in [-0.39, 0.29) is 30.4 Å². The third-order valence-electron chi connectivity index (χ3n) is 5.85. The summed E-state index contributed by atoms with van der Waals surface area (Å²) in [5.41, 5.74) is 5.33. The molecule has 5 nitrogen and oxygen atoms in total. The first-order valence-corrected chi connectivity index (χ1v) is 12.0. The number of phenolic OH excluding ortho intramolecular Hbond substituents is 1. The number of carboxylic acid groups (broad SMARTS) is 1. The third kappa shape index (κ3) is 7.48. The van der Waals surface area contributed by atoms with E-state index >= 15 is 0 Å². The van der Waals surface area contributed by atoms with Gasteiger partial charge in [-0.1, -0.05) is 56.0 Å². The number of fused-ring (bicyclic) bond motifs is 1. The Bertz CT molecular complexity index is 1240. The van der Waals surface area contributed by atoms with Gasteiger partial charge in [-0.25, -0.2) is 0 Å². The highest BCUT2D eigenvalue weighted by Crippen LogP contribution is 2.29. The third-order valence-corrected chi connectivity index (χ3v) is 5.85. The Morgan fingerprint density at radius 1 is 0.971 bits per heavy atom. The number of aromatic hydroxyl groups is 1. The summed E-state index contributed by atoms with van der Waals surface area (Å²) in [5, 5.41) is 21.8. The second-order valence-electron chi connectivity index (χ2n) is 8.38. The molecule has 5 heteroatoms. The Kier molecular flexibility index (Phi) is 9.09. The van der Waals surface area contributed by atoms with Gasteiger partial charge in [-0.3, -0.25) is 9.59 Å². The van der Waals surface area contributed by atoms with Gasteiger partial charge in [-0.15, -0.1) is 0 Å². The number of rotatable bonds is 5. The fourth-order valence-corrected chi connectivity index (χ4v) is 4.15. The monoisotopic (exact) mass is 469 g/mol. The molecule has 0 aliphatic heterocycles. The summed E-state index contributed by atoms with van der Waals surface area (Å²) < 4.78 is 0. The van der Waals surface area contributed by atoms with Gasteiger partial charge in [0.2, 0.25) is 5.91 Å². The quantitative estimate of drug-likeness (QED) is 0.426. The van der Waals surface area contributed by atoms with Gasteiger partial charge < -0.3 is 15.5 Å². The van der Waals surface area contributed by atoms with E-state index in [1.54, 1.807) is 18.2 Å². The summed E-state index contributed by atoms with van der Waals surface area (Å²) in [7, 11) is 0. The summed E-state index contributed by atoms with van der Waals surface area (Å²) in [4.78, 5) is 23.6. The molecule has 0 fully saturated rings. The van der Waals surface area contributed by atoms with Crippen molar-refractivity contribution in [3.8, 4) is 17.6 Å². The van der Waals surface area contributed by atoms with Crippen molar-refractivity contribution in [1.82, 2.24) is 0 Å². The highest BCUT2D eigenvalue weighted by molar-refractivity contribution is 5.92. The molecule has 0 saturated heterocycles. The fraction of sp³-hybridized carbons (Fsp3) is 0.267. The molecular weight excluding hydrogens is 438 g/mol. The van der Waals surface area contributed by atoms with Gasteiger partial charge in [0, 0.05) is 17.7 Å². The number of amides is 1. The Labute approximate surface area is 206 Å². The molecule has 35 heavy (non-hydrogen) atoms. The number of aliphatic carboxylic acids is 1. The van der Waals surface area contributed by atoms with E-state index in [1.807, 2.05) is 62.4 Å². The van der Waals surface area contributed by atoms with Crippen LogP contribution in [0.2, 0.25) is 0 Å². The van der Waals surface area contributed by atoms with Crippen molar-refractivity contribution >= 4 is 17.6 Å². The molecule has 0 saturated carbocycles. The number of hydrogen-bond acceptors (Lipinski definition) is 3. The Hall–Kier alpha value is -4.04. The highest BCUT2D eigenvalue weighted by atomic mass is 16.4. The molecule has 0 spiro atoms. The van der Waals surface area contributed by atoms with Gasteiger partial charge in [0.15, 0.2) is 0 Å². The van der Waals surface area contributed by atoms with Crippen molar-refractivity contribution in [3.05, 3.63) is 94.5 Å². The largest absolute Gasteiger partial charge is 0.507 e. The lowest BCUT2D eigenvalue weighted by Crippen LogP contribution is -2.19. The van der Waals surface area contributed by atoms with Gasteiger partial charge >= 0.3 is 5.97 Å². The minimum Gasteiger partial charge on any atom is -0.507 e. The van der Waals surface area contributed by atoms with Crippen LogP contribution in [-0.4, -0.2) is 22.1 Å². The molecule has 0 radical (unpaired) electrons. The number of para-hydroxylation sites is 1. The maximum absolute atomic E-state index is 12.5. The standard InChI is InChI=1S/C28H25NO4.C2H6/c30-26-4-2-1-3-23(26)12-9-19-5-7-20(8-6-19)16-27(31)29-25-14-13-22-11-10-21(17-28(32)33)15-24(22)18-25;1-2/h1-8,13-14,18,21,30H,10-11,15-17H2,(H,29,31)(H,32,33);1-2H3/t21-;/m0./s1. The second-order valence-corrected chi connectivity index (χ2v) is 8.38. The first-order chi connectivity index (χ1) is 17.0. The maximum atomic E-state index is 12.5. The number of hydrogen-bond donors (Lipinski definition) is 3. The number of aryl methyl sites for hydroxylation is 1. The zero-order valence-corrected chi connectivity index (χ0v) is 20.2. The van der Waals surface area contributed by atoms with Crippen LogP contribution >= 0.6 is 0 Å². The van der Waals surface area contributed by atoms with Crippen molar-refractivity contribution in [2.75, 3.05) is 5.32 Å². The molecule has 4 rings (SSSR count). The molecule has 0 aromatic heterocycles. The van der Waals surface area contributed by atoms with Gasteiger partial charge in [0.25, 0.3) is 0 Å². The average molecular weight is 470 g/mol. The van der Waals surface area contributed by atoms with Crippen LogP contribution in [0.5, 0.6) is 5.75 Å². The van der Waals surface area contributed by atoms with Crippen LogP contribution in [0.1, 0.15) is 54.5 Å². The predicted molar refractivity (Wildman–Crippen MR) is 138 cm³/mol. The van der Waals surface area contributed by atoms with Crippen molar-refractivity contribution in [1.29, 1.82) is 0 Å². The minimum absolute atomic E-state index is 0.110. The molecule has 1 amide bonds. The van der Waals surface area contributed by atoms with Crippen molar-refractivity contribution in [2.24, 2.45) is 5.92 Å². The van der Waals surface area contributed by atoms with Gasteiger partial charge in [-0.2, -0.15) is 0 Å². The lowest BCUT2D eigenvalue weighted by molar-refractivity contribution is -0.138. The molecule has 180 valence electrons. The number of carbonyl (C=O) groups is 2. The molecule has 0 heterocycles. The lowest BCUT2D eigenvalue weighted by Gasteiger charge is -2.24. The van der Waals surface area contributed by atoms with E-state index < -0.39 is 5.97 Å². The van der Waals surface area contributed by atoms with E-state index in [0.29, 0.717) is 5.56 Å². The van der Waals surface area contributed by atoms with Crippen molar-refractivity contribution in [3.63, 3.8) is 0 Å². The van der Waals surface area contributed by atoms with E-state index in [2.05, 4.69) is 17.2 Å². The number of phenols is 1. The summed E-state index contributed by atoms with van der Waals surface area (Å²) in [6, 6.07) is 20.3. The van der Waals surface area contributed by atoms with E-state index in [1.165, 1.54) is 5.56 Å². The zero-order chi connectivity index (χ0) is 25.2. The first kappa shape index (κ1) is 25.6. The molecule has 3 aromatic rings. The SMILES string of the molecule is CC.O=C(O)C[C@H]1CCc2ccc(NC(=O)Cc3ccc(C#Cc4ccccc4O)cc3)cc2C1. The Morgan fingerprint density at radius 3 is 2.43 bits per heavy atom. The molecule has 1 aliphatic carbocycles. The number of benzene rings is 3. The van der Waals surface area contributed by atoms with E-state index in [4.69, 9.17) is 5.11 Å². The van der Waals surface area contributed by atoms with E-state index in [9.17, 15) is 14.7 Å². The van der Waals surface area contributed by atoms with Crippen LogP contribution in [0, 0.1) is 17.8 Å². The van der Waals surface area contributed by atoms with Crippen LogP contribution in [0.3, 0.4) is 0 Å². The lowest BCUT2D eigenvalue weighted by atomic mass is 9.82. The number of nitrogens with one attached hydrogen (secondary N) is 1. The second kappa shape index (κ2) is 12.4. The van der Waals surface area contributed by atoms with Gasteiger partial charge in [0.05, 0.1) is 12.0 Å². The number of anilines is 1. The van der Waals surface area contributed by atoms with Gasteiger partial charge in [-0.05, 0) is 78.3 Å². The average Bonchev–Trinajstić information content (AvgIpc) is 2.85. The Balaban J connectivity index is 0.00000167. The summed E-state index contributed by atoms with van der Waals surface area (Å²) in [6.07, 6.45) is 2.92. The summed E-state index contributed by atoms with van der Waals surface area (Å²) in [5.74, 6) is 5.39. The van der Waals surface area contributed by atoms with Crippen molar-refractivity contribution in [2.45, 2.75) is 46.0 Å². The Morgan fingerprint density at radius 2 is 1.71 bits per heavy atom. The molecule has 3 aromatic carbocycles. The summed E-state index contributed by atoms with van der Waals surface area (Å²) in [6.45, 7) is 4.00. The highest BCUT2D eigenvalue weighted by Gasteiger charge is 2.21. The van der Waals surface area contributed by atoms with Crippen LogP contribution in [0.15, 0.2) is 66.7 Å². The van der Waals surface area contributed by atoms with Gasteiger partial charge in [0.1, 0.15) is 5.75 Å². The van der Waals surface area contributed by atoms with Crippen LogP contribution < -0.4 is 5.32 Å². The molecule has 1 atom stereocenters.